The van der Waals surface area contributed by atoms with Crippen LogP contribution in [0.1, 0.15) is 17.3 Å². The average Bonchev–Trinajstić information content (AvgIpc) is 3.55. The lowest BCUT2D eigenvalue weighted by Gasteiger charge is -2.40. The summed E-state index contributed by atoms with van der Waals surface area (Å²) in [4.78, 5) is 23.4. The van der Waals surface area contributed by atoms with Crippen molar-refractivity contribution in [3.63, 3.8) is 0 Å². The first-order valence-corrected chi connectivity index (χ1v) is 12.8. The van der Waals surface area contributed by atoms with Gasteiger partial charge in [-0.05, 0) is 48.7 Å². The van der Waals surface area contributed by atoms with Crippen LogP contribution in [0.2, 0.25) is 10.0 Å². The number of nitrogens with zero attached hydrogens (tertiary/aromatic N) is 6. The van der Waals surface area contributed by atoms with E-state index < -0.39 is 0 Å². The van der Waals surface area contributed by atoms with Crippen molar-refractivity contribution in [3.05, 3.63) is 75.6 Å². The van der Waals surface area contributed by atoms with Gasteiger partial charge in [0.2, 0.25) is 5.95 Å². The average molecular weight is 523 g/mol. The van der Waals surface area contributed by atoms with E-state index in [4.69, 9.17) is 28.2 Å². The zero-order valence-corrected chi connectivity index (χ0v) is 21.1. The van der Waals surface area contributed by atoms with Gasteiger partial charge in [-0.2, -0.15) is 0 Å². The number of anilines is 1. The first-order valence-electron chi connectivity index (χ1n) is 11.2. The Morgan fingerprint density at radius 2 is 1.89 bits per heavy atom. The minimum atomic E-state index is -0.0593. The molecular weight excluding hydrogens is 503 g/mol. The second kappa shape index (κ2) is 8.78. The van der Waals surface area contributed by atoms with Crippen molar-refractivity contribution < 1.29 is 4.79 Å². The molecule has 0 saturated carbocycles. The Morgan fingerprint density at radius 3 is 2.66 bits per heavy atom. The normalized spacial score (nSPS) is 16.4. The van der Waals surface area contributed by atoms with Gasteiger partial charge in [0.05, 0.1) is 20.4 Å². The molecule has 0 spiro atoms. The number of amides is 1. The maximum Gasteiger partial charge on any atom is 0.254 e. The standard InChI is InChI=1S/C25H20Cl2N6OS/c1-15-14-31(10-11-32(15)24(34)16-8-9-18(26)19(27)13-16)25-28-20-6-3-2-5-17(20)22-29-30-23(33(22)25)21-7-4-12-35-21/h2-9,12-13,15H,10-11,14H2,1H3. The predicted octanol–water partition coefficient (Wildman–Crippen LogP) is 5.66. The quantitative estimate of drug-likeness (QED) is 0.305. The summed E-state index contributed by atoms with van der Waals surface area (Å²) >= 11 is 13.8. The summed E-state index contributed by atoms with van der Waals surface area (Å²) in [6.45, 7) is 3.84. The van der Waals surface area contributed by atoms with Gasteiger partial charge < -0.3 is 9.80 Å². The molecule has 5 aromatic rings. The van der Waals surface area contributed by atoms with Crippen molar-refractivity contribution in [1.82, 2.24) is 24.5 Å². The SMILES string of the molecule is CC1CN(c2nc3ccccc3c3nnc(-c4cccs4)n23)CCN1C(=O)c1ccc(Cl)c(Cl)c1. The number of rotatable bonds is 3. The number of hydrogen-bond donors (Lipinski definition) is 0. The largest absolute Gasteiger partial charge is 0.338 e. The maximum absolute atomic E-state index is 13.2. The van der Waals surface area contributed by atoms with E-state index in [1.54, 1.807) is 29.5 Å². The molecule has 1 atom stereocenters. The van der Waals surface area contributed by atoms with Crippen LogP contribution in [0.25, 0.3) is 27.3 Å². The highest BCUT2D eigenvalue weighted by atomic mass is 35.5. The molecule has 6 rings (SSSR count). The number of benzene rings is 2. The zero-order chi connectivity index (χ0) is 24.1. The van der Waals surface area contributed by atoms with E-state index in [-0.39, 0.29) is 11.9 Å². The van der Waals surface area contributed by atoms with Gasteiger partial charge in [0.1, 0.15) is 0 Å². The van der Waals surface area contributed by atoms with Gasteiger partial charge in [-0.1, -0.05) is 41.4 Å². The van der Waals surface area contributed by atoms with E-state index >= 15 is 0 Å². The van der Waals surface area contributed by atoms with E-state index in [1.165, 1.54) is 0 Å². The molecular formula is C25H20Cl2N6OS. The molecule has 0 radical (unpaired) electrons. The van der Waals surface area contributed by atoms with Gasteiger partial charge in [0, 0.05) is 36.6 Å². The molecule has 1 aliphatic rings. The summed E-state index contributed by atoms with van der Waals surface area (Å²) in [6, 6.07) is 17.0. The third-order valence-corrected chi connectivity index (χ3v) is 7.91. The molecule has 4 heterocycles. The van der Waals surface area contributed by atoms with Crippen molar-refractivity contribution in [3.8, 4) is 10.7 Å². The molecule has 1 aliphatic heterocycles. The molecule has 176 valence electrons. The fourth-order valence-electron chi connectivity index (χ4n) is 4.58. The van der Waals surface area contributed by atoms with Crippen molar-refractivity contribution in [1.29, 1.82) is 0 Å². The number of fused-ring (bicyclic) bond motifs is 3. The lowest BCUT2D eigenvalue weighted by molar-refractivity contribution is 0.0673. The lowest BCUT2D eigenvalue weighted by atomic mass is 10.1. The molecule has 1 saturated heterocycles. The molecule has 2 aromatic carbocycles. The Hall–Kier alpha value is -3.20. The molecule has 1 unspecified atom stereocenters. The number of thiophene rings is 1. The van der Waals surface area contributed by atoms with Crippen LogP contribution in [0.15, 0.2) is 60.0 Å². The highest BCUT2D eigenvalue weighted by Crippen LogP contribution is 2.31. The number of piperazine rings is 1. The van der Waals surface area contributed by atoms with E-state index in [0.717, 1.165) is 33.2 Å². The summed E-state index contributed by atoms with van der Waals surface area (Å²) < 4.78 is 2.04. The maximum atomic E-state index is 13.2. The van der Waals surface area contributed by atoms with E-state index in [1.807, 2.05) is 58.0 Å². The Bertz CT molecular complexity index is 1570. The Balaban J connectivity index is 1.38. The van der Waals surface area contributed by atoms with Crippen molar-refractivity contribution in [2.24, 2.45) is 0 Å². The topological polar surface area (TPSA) is 66.6 Å². The Morgan fingerprint density at radius 1 is 1.03 bits per heavy atom. The van der Waals surface area contributed by atoms with Crippen molar-refractivity contribution in [2.45, 2.75) is 13.0 Å². The number of aromatic nitrogens is 4. The summed E-state index contributed by atoms with van der Waals surface area (Å²) in [6.07, 6.45) is 0. The first-order chi connectivity index (χ1) is 17.0. The van der Waals surface area contributed by atoms with Crippen LogP contribution in [-0.4, -0.2) is 56.1 Å². The monoisotopic (exact) mass is 522 g/mol. The summed E-state index contributed by atoms with van der Waals surface area (Å²) in [7, 11) is 0. The molecule has 35 heavy (non-hydrogen) atoms. The molecule has 1 fully saturated rings. The number of carbonyl (C=O) groups excluding carboxylic acids is 1. The van der Waals surface area contributed by atoms with Crippen LogP contribution in [0.5, 0.6) is 0 Å². The number of hydrogen-bond acceptors (Lipinski definition) is 6. The highest BCUT2D eigenvalue weighted by molar-refractivity contribution is 7.13. The first kappa shape index (κ1) is 22.3. The molecule has 0 N–H and O–H groups in total. The fourth-order valence-corrected chi connectivity index (χ4v) is 5.58. The van der Waals surface area contributed by atoms with Gasteiger partial charge in [-0.3, -0.25) is 4.79 Å². The minimum absolute atomic E-state index is 0.0457. The fraction of sp³-hybridized carbons (Fsp3) is 0.200. The third-order valence-electron chi connectivity index (χ3n) is 6.31. The third kappa shape index (κ3) is 3.82. The van der Waals surface area contributed by atoms with Crippen LogP contribution in [0.3, 0.4) is 0 Å². The second-order valence-corrected chi connectivity index (χ2v) is 10.3. The molecule has 7 nitrogen and oxygen atoms in total. The van der Waals surface area contributed by atoms with Crippen LogP contribution in [0, 0.1) is 0 Å². The Kier molecular flexibility index (Phi) is 5.59. The van der Waals surface area contributed by atoms with Gasteiger partial charge in [-0.15, -0.1) is 21.5 Å². The molecule has 10 heteroatoms. The van der Waals surface area contributed by atoms with Crippen molar-refractivity contribution >= 4 is 62.9 Å². The predicted molar refractivity (Wildman–Crippen MR) is 141 cm³/mol. The van der Waals surface area contributed by atoms with E-state index in [9.17, 15) is 4.79 Å². The lowest BCUT2D eigenvalue weighted by Crippen LogP contribution is -2.54. The molecule has 0 bridgehead atoms. The van der Waals surface area contributed by atoms with E-state index in [2.05, 4.69) is 15.1 Å². The van der Waals surface area contributed by atoms with Crippen LogP contribution in [-0.2, 0) is 0 Å². The number of halogens is 2. The highest BCUT2D eigenvalue weighted by Gasteiger charge is 2.31. The number of carbonyl (C=O) groups is 1. The van der Waals surface area contributed by atoms with Crippen molar-refractivity contribution in [2.75, 3.05) is 24.5 Å². The summed E-state index contributed by atoms with van der Waals surface area (Å²) in [5, 5.41) is 12.9. The van der Waals surface area contributed by atoms with Gasteiger partial charge in [0.25, 0.3) is 5.91 Å². The van der Waals surface area contributed by atoms with Crippen LogP contribution < -0.4 is 4.90 Å². The van der Waals surface area contributed by atoms with Gasteiger partial charge >= 0.3 is 0 Å². The van der Waals surface area contributed by atoms with Gasteiger partial charge in [0.15, 0.2) is 11.5 Å². The minimum Gasteiger partial charge on any atom is -0.338 e. The zero-order valence-electron chi connectivity index (χ0n) is 18.7. The summed E-state index contributed by atoms with van der Waals surface area (Å²) in [5.74, 6) is 1.49. The van der Waals surface area contributed by atoms with E-state index in [0.29, 0.717) is 35.2 Å². The molecule has 1 amide bonds. The Labute approximate surface area is 215 Å². The van der Waals surface area contributed by atoms with Crippen LogP contribution >= 0.6 is 34.5 Å². The van der Waals surface area contributed by atoms with Gasteiger partial charge in [-0.25, -0.2) is 9.38 Å². The van der Waals surface area contributed by atoms with Crippen LogP contribution in [0.4, 0.5) is 5.95 Å². The number of para-hydroxylation sites is 1. The second-order valence-electron chi connectivity index (χ2n) is 8.51. The summed E-state index contributed by atoms with van der Waals surface area (Å²) in [5.41, 5.74) is 2.17. The molecule has 3 aromatic heterocycles. The smallest absolute Gasteiger partial charge is 0.254 e. The molecule has 0 aliphatic carbocycles.